The molecule has 1 fully saturated rings. The Balaban J connectivity index is 2.21. The van der Waals surface area contributed by atoms with Gasteiger partial charge in [-0.15, -0.1) is 0 Å². The summed E-state index contributed by atoms with van der Waals surface area (Å²) in [6.45, 7) is 4.43. The highest BCUT2D eigenvalue weighted by molar-refractivity contribution is 6.30. The highest BCUT2D eigenvalue weighted by atomic mass is 35.5. The summed E-state index contributed by atoms with van der Waals surface area (Å²) in [6.07, 6.45) is 6.45. The number of hydrogen-bond donors (Lipinski definition) is 2. The summed E-state index contributed by atoms with van der Waals surface area (Å²) in [6, 6.07) is 0. The van der Waals surface area contributed by atoms with Crippen LogP contribution in [0.4, 0.5) is 5.82 Å². The summed E-state index contributed by atoms with van der Waals surface area (Å²) >= 11 is 6.11. The van der Waals surface area contributed by atoms with Crippen LogP contribution >= 0.6 is 11.6 Å². The molecule has 0 aliphatic heterocycles. The lowest BCUT2D eigenvalue weighted by Crippen LogP contribution is -2.45. The van der Waals surface area contributed by atoms with Crippen molar-refractivity contribution in [3.05, 3.63) is 17.0 Å². The standard InChI is InChI=1S/C14H22ClN3O/c1-3-11-12(15)16-9-17-13(11)18-14(8-19)6-4-10(2)5-7-14/h9-10,19H,3-8H2,1-2H3,(H,16,17,18). The molecule has 0 aromatic carbocycles. The van der Waals surface area contributed by atoms with E-state index in [-0.39, 0.29) is 12.1 Å². The number of anilines is 1. The van der Waals surface area contributed by atoms with Crippen molar-refractivity contribution in [3.8, 4) is 0 Å². The van der Waals surface area contributed by atoms with Crippen LogP contribution in [0.1, 0.15) is 45.1 Å². The van der Waals surface area contributed by atoms with Crippen LogP contribution < -0.4 is 5.32 Å². The molecule has 19 heavy (non-hydrogen) atoms. The molecule has 1 aliphatic carbocycles. The number of nitrogens with zero attached hydrogens (tertiary/aromatic N) is 2. The largest absolute Gasteiger partial charge is 0.394 e. The van der Waals surface area contributed by atoms with Crippen LogP contribution in [0.3, 0.4) is 0 Å². The van der Waals surface area contributed by atoms with Gasteiger partial charge in [-0.05, 0) is 38.0 Å². The molecule has 0 atom stereocenters. The van der Waals surface area contributed by atoms with Gasteiger partial charge in [0.25, 0.3) is 0 Å². The van der Waals surface area contributed by atoms with Crippen LogP contribution in [0.2, 0.25) is 5.15 Å². The minimum absolute atomic E-state index is 0.129. The van der Waals surface area contributed by atoms with Gasteiger partial charge in [0.1, 0.15) is 17.3 Å². The number of aromatic nitrogens is 2. The molecule has 106 valence electrons. The quantitative estimate of drug-likeness (QED) is 0.834. The molecule has 1 aliphatic rings. The van der Waals surface area contributed by atoms with Gasteiger partial charge in [0, 0.05) is 5.56 Å². The van der Waals surface area contributed by atoms with Gasteiger partial charge in [-0.3, -0.25) is 0 Å². The molecule has 0 radical (unpaired) electrons. The van der Waals surface area contributed by atoms with Crippen molar-refractivity contribution in [3.63, 3.8) is 0 Å². The Morgan fingerprint density at radius 3 is 2.68 bits per heavy atom. The van der Waals surface area contributed by atoms with Gasteiger partial charge in [0.2, 0.25) is 0 Å². The van der Waals surface area contributed by atoms with Crippen molar-refractivity contribution >= 4 is 17.4 Å². The average Bonchev–Trinajstić information content (AvgIpc) is 2.42. The molecule has 0 saturated heterocycles. The first-order valence-corrected chi connectivity index (χ1v) is 7.36. The highest BCUT2D eigenvalue weighted by Gasteiger charge is 2.34. The molecule has 4 nitrogen and oxygen atoms in total. The average molecular weight is 284 g/mol. The summed E-state index contributed by atoms with van der Waals surface area (Å²) < 4.78 is 0. The molecule has 2 N–H and O–H groups in total. The van der Waals surface area contributed by atoms with Crippen LogP contribution in [0.5, 0.6) is 0 Å². The summed E-state index contributed by atoms with van der Waals surface area (Å²) in [5.74, 6) is 1.51. The van der Waals surface area contributed by atoms with Gasteiger partial charge in [-0.25, -0.2) is 9.97 Å². The third-order valence-corrected chi connectivity index (χ3v) is 4.49. The van der Waals surface area contributed by atoms with E-state index in [2.05, 4.69) is 22.2 Å². The smallest absolute Gasteiger partial charge is 0.137 e. The van der Waals surface area contributed by atoms with Crippen molar-refractivity contribution in [2.45, 2.75) is 51.5 Å². The van der Waals surface area contributed by atoms with Crippen molar-refractivity contribution in [1.29, 1.82) is 0 Å². The first-order valence-electron chi connectivity index (χ1n) is 6.98. The Hall–Kier alpha value is -0.870. The molecule has 2 rings (SSSR count). The molecule has 1 heterocycles. The first kappa shape index (κ1) is 14.5. The molecule has 1 aromatic rings. The van der Waals surface area contributed by atoms with Crippen LogP contribution in [-0.4, -0.2) is 27.2 Å². The van der Waals surface area contributed by atoms with Crippen LogP contribution in [0.25, 0.3) is 0 Å². The third kappa shape index (κ3) is 3.18. The predicted octanol–water partition coefficient (Wildman–Crippen LogP) is 3.05. The van der Waals surface area contributed by atoms with E-state index in [1.807, 2.05) is 6.92 Å². The van der Waals surface area contributed by atoms with Crippen LogP contribution in [0, 0.1) is 5.92 Å². The Bertz CT molecular complexity index is 431. The molecule has 1 aromatic heterocycles. The zero-order valence-electron chi connectivity index (χ0n) is 11.6. The SMILES string of the molecule is CCc1c(Cl)ncnc1NC1(CO)CCC(C)CC1. The number of rotatable bonds is 4. The molecule has 0 spiro atoms. The summed E-state index contributed by atoms with van der Waals surface area (Å²) in [7, 11) is 0. The lowest BCUT2D eigenvalue weighted by atomic mass is 9.77. The Labute approximate surface area is 119 Å². The van der Waals surface area contributed by atoms with Gasteiger partial charge >= 0.3 is 0 Å². The van der Waals surface area contributed by atoms with E-state index in [0.717, 1.165) is 49.4 Å². The minimum atomic E-state index is -0.256. The summed E-state index contributed by atoms with van der Waals surface area (Å²) in [5.41, 5.74) is 0.671. The maximum absolute atomic E-state index is 9.78. The van der Waals surface area contributed by atoms with Gasteiger partial charge < -0.3 is 10.4 Å². The second-order valence-electron chi connectivity index (χ2n) is 5.59. The van der Waals surface area contributed by atoms with Gasteiger partial charge in [0.15, 0.2) is 0 Å². The zero-order chi connectivity index (χ0) is 13.9. The second kappa shape index (κ2) is 6.06. The number of halogens is 1. The Morgan fingerprint density at radius 2 is 2.11 bits per heavy atom. The molecule has 0 amide bonds. The zero-order valence-corrected chi connectivity index (χ0v) is 12.4. The maximum Gasteiger partial charge on any atom is 0.137 e. The fourth-order valence-corrected chi connectivity index (χ4v) is 2.97. The second-order valence-corrected chi connectivity index (χ2v) is 5.95. The molecular formula is C14H22ClN3O. The van der Waals surface area contributed by atoms with E-state index in [9.17, 15) is 5.11 Å². The van der Waals surface area contributed by atoms with E-state index in [1.165, 1.54) is 6.33 Å². The molecule has 0 bridgehead atoms. The van der Waals surface area contributed by atoms with Crippen molar-refractivity contribution in [2.75, 3.05) is 11.9 Å². The fraction of sp³-hybridized carbons (Fsp3) is 0.714. The van der Waals surface area contributed by atoms with Gasteiger partial charge in [-0.1, -0.05) is 25.4 Å². The third-order valence-electron chi connectivity index (χ3n) is 4.16. The Morgan fingerprint density at radius 1 is 1.42 bits per heavy atom. The maximum atomic E-state index is 9.78. The van der Waals surface area contributed by atoms with E-state index in [4.69, 9.17) is 11.6 Å². The lowest BCUT2D eigenvalue weighted by molar-refractivity contribution is 0.155. The van der Waals surface area contributed by atoms with E-state index in [1.54, 1.807) is 0 Å². The van der Waals surface area contributed by atoms with Crippen molar-refractivity contribution in [1.82, 2.24) is 9.97 Å². The highest BCUT2D eigenvalue weighted by Crippen LogP contribution is 2.35. The Kier molecular flexibility index (Phi) is 4.63. The fourth-order valence-electron chi connectivity index (χ4n) is 2.70. The van der Waals surface area contributed by atoms with Crippen LogP contribution in [0.15, 0.2) is 6.33 Å². The summed E-state index contributed by atoms with van der Waals surface area (Å²) in [4.78, 5) is 8.31. The molecule has 5 heteroatoms. The number of aliphatic hydroxyl groups is 1. The number of hydrogen-bond acceptors (Lipinski definition) is 4. The van der Waals surface area contributed by atoms with E-state index in [0.29, 0.717) is 5.15 Å². The van der Waals surface area contributed by atoms with Crippen LogP contribution in [-0.2, 0) is 6.42 Å². The van der Waals surface area contributed by atoms with E-state index >= 15 is 0 Å². The van der Waals surface area contributed by atoms with E-state index < -0.39 is 0 Å². The summed E-state index contributed by atoms with van der Waals surface area (Å²) in [5, 5.41) is 13.7. The minimum Gasteiger partial charge on any atom is -0.394 e. The molecule has 0 unspecified atom stereocenters. The normalized spacial score (nSPS) is 27.3. The molecule has 1 saturated carbocycles. The van der Waals surface area contributed by atoms with Gasteiger partial charge in [-0.2, -0.15) is 0 Å². The number of aliphatic hydroxyl groups excluding tert-OH is 1. The van der Waals surface area contributed by atoms with Crippen molar-refractivity contribution in [2.24, 2.45) is 5.92 Å². The topological polar surface area (TPSA) is 58.0 Å². The number of nitrogens with one attached hydrogen (secondary N) is 1. The lowest BCUT2D eigenvalue weighted by Gasteiger charge is -2.39. The first-order chi connectivity index (χ1) is 9.10. The molecular weight excluding hydrogens is 262 g/mol. The van der Waals surface area contributed by atoms with Crippen molar-refractivity contribution < 1.29 is 5.11 Å². The van der Waals surface area contributed by atoms with Gasteiger partial charge in [0.05, 0.1) is 12.1 Å². The predicted molar refractivity (Wildman–Crippen MR) is 77.5 cm³/mol. The monoisotopic (exact) mass is 283 g/mol.